The predicted octanol–water partition coefficient (Wildman–Crippen LogP) is 4.15. The third kappa shape index (κ3) is 3.77. The van der Waals surface area contributed by atoms with Gasteiger partial charge in [0.1, 0.15) is 0 Å². The smallest absolute Gasteiger partial charge is 0.310 e. The number of nitrogens with one attached hydrogen (secondary N) is 1. The lowest BCUT2D eigenvalue weighted by Gasteiger charge is -2.09. The van der Waals surface area contributed by atoms with Crippen molar-refractivity contribution >= 4 is 32.7 Å². The van der Waals surface area contributed by atoms with E-state index in [-0.39, 0.29) is 5.97 Å². The van der Waals surface area contributed by atoms with Crippen LogP contribution in [0.15, 0.2) is 18.2 Å². The first-order valence-corrected chi connectivity index (χ1v) is 8.88. The van der Waals surface area contributed by atoms with E-state index in [0.29, 0.717) is 19.1 Å². The van der Waals surface area contributed by atoms with Crippen LogP contribution in [-0.2, 0) is 16.0 Å². The summed E-state index contributed by atoms with van der Waals surface area (Å²) in [5.41, 5.74) is 1.99. The summed E-state index contributed by atoms with van der Waals surface area (Å²) in [6, 6.07) is 6.59. The van der Waals surface area contributed by atoms with E-state index in [1.54, 1.807) is 11.3 Å². The summed E-state index contributed by atoms with van der Waals surface area (Å²) in [6.45, 7) is 2.49. The second-order valence-electron chi connectivity index (χ2n) is 5.84. The molecule has 1 N–H and O–H groups in total. The first-order chi connectivity index (χ1) is 10.7. The normalized spacial score (nSPS) is 15.3. The highest BCUT2D eigenvalue weighted by Crippen LogP contribution is 2.30. The van der Waals surface area contributed by atoms with Crippen LogP contribution in [0.25, 0.3) is 10.2 Å². The van der Waals surface area contributed by atoms with Crippen LogP contribution in [0.5, 0.6) is 0 Å². The van der Waals surface area contributed by atoms with Gasteiger partial charge in [0, 0.05) is 6.04 Å². The van der Waals surface area contributed by atoms with Gasteiger partial charge in [-0.15, -0.1) is 0 Å². The van der Waals surface area contributed by atoms with Crippen molar-refractivity contribution in [3.63, 3.8) is 0 Å². The summed E-state index contributed by atoms with van der Waals surface area (Å²) in [4.78, 5) is 16.3. The van der Waals surface area contributed by atoms with Crippen molar-refractivity contribution in [1.82, 2.24) is 4.98 Å². The Morgan fingerprint density at radius 1 is 1.41 bits per heavy atom. The molecule has 0 spiro atoms. The van der Waals surface area contributed by atoms with Crippen molar-refractivity contribution < 1.29 is 9.53 Å². The number of carbonyl (C=O) groups excluding carboxylic acids is 1. The van der Waals surface area contributed by atoms with Crippen LogP contribution in [-0.4, -0.2) is 23.6 Å². The molecule has 0 amide bonds. The summed E-state index contributed by atoms with van der Waals surface area (Å²) < 4.78 is 6.26. The van der Waals surface area contributed by atoms with Crippen molar-refractivity contribution in [2.45, 2.75) is 51.5 Å². The van der Waals surface area contributed by atoms with E-state index in [9.17, 15) is 4.79 Å². The zero-order chi connectivity index (χ0) is 15.4. The molecule has 1 fully saturated rings. The molecule has 1 aliphatic rings. The second kappa shape index (κ2) is 7.09. The van der Waals surface area contributed by atoms with Gasteiger partial charge in [-0.2, -0.15) is 0 Å². The molecule has 0 saturated heterocycles. The van der Waals surface area contributed by atoms with Crippen molar-refractivity contribution in [2.24, 2.45) is 0 Å². The Balaban J connectivity index is 1.68. The van der Waals surface area contributed by atoms with Gasteiger partial charge in [0.05, 0.1) is 23.2 Å². The maximum atomic E-state index is 11.7. The fourth-order valence-corrected chi connectivity index (χ4v) is 3.83. The lowest BCUT2D eigenvalue weighted by Crippen LogP contribution is -2.13. The minimum absolute atomic E-state index is 0.157. The zero-order valence-corrected chi connectivity index (χ0v) is 13.7. The summed E-state index contributed by atoms with van der Waals surface area (Å²) in [5, 5.41) is 4.53. The maximum absolute atomic E-state index is 11.7. The molecule has 2 aromatic rings. The van der Waals surface area contributed by atoms with Crippen LogP contribution in [0, 0.1) is 0 Å². The standard InChI is InChI=1S/C17H22N2O2S/c1-2-9-21-16(20)11-12-7-8-14-15(10-12)22-17(19-14)18-13-5-3-4-6-13/h7-8,10,13H,2-6,9,11H2,1H3,(H,18,19). The van der Waals surface area contributed by atoms with Crippen molar-refractivity contribution in [3.8, 4) is 0 Å². The number of anilines is 1. The van der Waals surface area contributed by atoms with Crippen LogP contribution in [0.4, 0.5) is 5.13 Å². The highest BCUT2D eigenvalue weighted by atomic mass is 32.1. The Bertz CT molecular complexity index is 647. The Morgan fingerprint density at radius 2 is 2.23 bits per heavy atom. The van der Waals surface area contributed by atoms with E-state index in [2.05, 4.69) is 16.4 Å². The highest BCUT2D eigenvalue weighted by molar-refractivity contribution is 7.22. The van der Waals surface area contributed by atoms with Gasteiger partial charge >= 0.3 is 5.97 Å². The largest absolute Gasteiger partial charge is 0.465 e. The third-order valence-electron chi connectivity index (χ3n) is 3.95. The lowest BCUT2D eigenvalue weighted by atomic mass is 10.1. The number of thiazole rings is 1. The molecule has 1 aromatic heterocycles. The third-order valence-corrected chi connectivity index (χ3v) is 4.90. The van der Waals surface area contributed by atoms with Crippen LogP contribution in [0.2, 0.25) is 0 Å². The van der Waals surface area contributed by atoms with Gasteiger partial charge in [-0.25, -0.2) is 4.98 Å². The molecule has 4 nitrogen and oxygen atoms in total. The molecule has 1 aliphatic carbocycles. The second-order valence-corrected chi connectivity index (χ2v) is 6.87. The summed E-state index contributed by atoms with van der Waals surface area (Å²) >= 11 is 1.67. The molecule has 3 rings (SSSR count). The zero-order valence-electron chi connectivity index (χ0n) is 12.9. The molecule has 118 valence electrons. The van der Waals surface area contributed by atoms with Crippen LogP contribution in [0.3, 0.4) is 0 Å². The number of esters is 1. The molecule has 1 saturated carbocycles. The fourth-order valence-electron chi connectivity index (χ4n) is 2.82. The number of hydrogen-bond donors (Lipinski definition) is 1. The van der Waals surface area contributed by atoms with Gasteiger partial charge in [0.15, 0.2) is 5.13 Å². The molecular weight excluding hydrogens is 296 g/mol. The molecule has 0 aliphatic heterocycles. The SMILES string of the molecule is CCCOC(=O)Cc1ccc2nc(NC3CCCC3)sc2c1. The van der Waals surface area contributed by atoms with E-state index >= 15 is 0 Å². The number of aromatic nitrogens is 1. The first kappa shape index (κ1) is 15.3. The quantitative estimate of drug-likeness (QED) is 0.813. The molecule has 0 atom stereocenters. The molecule has 0 bridgehead atoms. The number of rotatable bonds is 6. The van der Waals surface area contributed by atoms with Crippen LogP contribution < -0.4 is 5.32 Å². The maximum Gasteiger partial charge on any atom is 0.310 e. The molecule has 0 unspecified atom stereocenters. The van der Waals surface area contributed by atoms with E-state index < -0.39 is 0 Å². The van der Waals surface area contributed by atoms with Gasteiger partial charge in [-0.1, -0.05) is 37.2 Å². The monoisotopic (exact) mass is 318 g/mol. The van der Waals surface area contributed by atoms with Gasteiger partial charge in [0.25, 0.3) is 0 Å². The topological polar surface area (TPSA) is 51.2 Å². The summed E-state index contributed by atoms with van der Waals surface area (Å²) in [6.07, 6.45) is 6.29. The predicted molar refractivity (Wildman–Crippen MR) is 90.5 cm³/mol. The Morgan fingerprint density at radius 3 is 3.00 bits per heavy atom. The van der Waals surface area contributed by atoms with E-state index in [1.807, 2.05) is 19.1 Å². The average Bonchev–Trinajstić information content (AvgIpc) is 3.14. The molecular formula is C17H22N2O2S. The Hall–Kier alpha value is -1.62. The van der Waals surface area contributed by atoms with Gasteiger partial charge < -0.3 is 10.1 Å². The van der Waals surface area contributed by atoms with Gasteiger partial charge in [-0.3, -0.25) is 4.79 Å². The van der Waals surface area contributed by atoms with Gasteiger partial charge in [0.2, 0.25) is 0 Å². The highest BCUT2D eigenvalue weighted by Gasteiger charge is 2.16. The number of hydrogen-bond acceptors (Lipinski definition) is 5. The van der Waals surface area contributed by atoms with E-state index in [0.717, 1.165) is 27.3 Å². The molecule has 5 heteroatoms. The average molecular weight is 318 g/mol. The van der Waals surface area contributed by atoms with Crippen molar-refractivity contribution in [2.75, 3.05) is 11.9 Å². The molecule has 22 heavy (non-hydrogen) atoms. The van der Waals surface area contributed by atoms with Crippen molar-refractivity contribution in [3.05, 3.63) is 23.8 Å². The number of benzene rings is 1. The minimum atomic E-state index is -0.157. The number of fused-ring (bicyclic) bond motifs is 1. The Kier molecular flexibility index (Phi) is 4.93. The molecule has 1 aromatic carbocycles. The van der Waals surface area contributed by atoms with E-state index in [1.165, 1.54) is 25.7 Å². The van der Waals surface area contributed by atoms with Crippen LogP contribution in [0.1, 0.15) is 44.6 Å². The summed E-state index contributed by atoms with van der Waals surface area (Å²) in [7, 11) is 0. The van der Waals surface area contributed by atoms with Crippen LogP contribution >= 0.6 is 11.3 Å². The molecule has 0 radical (unpaired) electrons. The first-order valence-electron chi connectivity index (χ1n) is 8.06. The molecule has 1 heterocycles. The number of ether oxygens (including phenoxy) is 1. The number of nitrogens with zero attached hydrogens (tertiary/aromatic N) is 1. The number of carbonyl (C=O) groups is 1. The lowest BCUT2D eigenvalue weighted by molar-refractivity contribution is -0.142. The van der Waals surface area contributed by atoms with Gasteiger partial charge in [-0.05, 0) is 37.0 Å². The van der Waals surface area contributed by atoms with Crippen molar-refractivity contribution in [1.29, 1.82) is 0 Å². The minimum Gasteiger partial charge on any atom is -0.465 e. The van der Waals surface area contributed by atoms with E-state index in [4.69, 9.17) is 4.74 Å². The Labute approximate surface area is 134 Å². The summed E-state index contributed by atoms with van der Waals surface area (Å²) in [5.74, 6) is -0.157. The fraction of sp³-hybridized carbons (Fsp3) is 0.529.